The van der Waals surface area contributed by atoms with E-state index in [0.29, 0.717) is 5.82 Å². The molecule has 3 aromatic rings. The monoisotopic (exact) mass is 242 g/mol. The van der Waals surface area contributed by atoms with Crippen molar-refractivity contribution in [2.24, 2.45) is 7.05 Å². The van der Waals surface area contributed by atoms with Gasteiger partial charge >= 0.3 is 0 Å². The predicted octanol–water partition coefficient (Wildman–Crippen LogP) is 2.63. The van der Waals surface area contributed by atoms with Crippen LogP contribution in [0.4, 0.5) is 0 Å². The summed E-state index contributed by atoms with van der Waals surface area (Å²) >= 11 is 0. The Bertz CT molecular complexity index is 696. The Morgan fingerprint density at radius 2 is 2.22 bits per heavy atom. The molecular formula is C14H14N2O2. The topological polar surface area (TPSA) is 51.2 Å². The predicted molar refractivity (Wildman–Crippen MR) is 69.1 cm³/mol. The first-order valence-corrected chi connectivity index (χ1v) is 5.81. The number of aromatic nitrogens is 2. The second-order valence-electron chi connectivity index (χ2n) is 4.38. The molecule has 0 aliphatic rings. The van der Waals surface area contributed by atoms with E-state index >= 15 is 0 Å². The molecule has 0 amide bonds. The average molecular weight is 242 g/mol. The molecule has 2 heterocycles. The van der Waals surface area contributed by atoms with Crippen LogP contribution in [0.15, 0.2) is 34.9 Å². The molecule has 0 atom stereocenters. The van der Waals surface area contributed by atoms with Crippen molar-refractivity contribution in [3.05, 3.63) is 41.9 Å². The number of hydrogen-bond acceptors (Lipinski definition) is 3. The maximum atomic E-state index is 9.24. The van der Waals surface area contributed by atoms with Gasteiger partial charge in [0.15, 0.2) is 0 Å². The minimum Gasteiger partial charge on any atom is -0.464 e. The number of imidazole rings is 1. The summed E-state index contributed by atoms with van der Waals surface area (Å²) in [5, 5.41) is 9.24. The van der Waals surface area contributed by atoms with E-state index in [1.807, 2.05) is 36.7 Å². The zero-order valence-corrected chi connectivity index (χ0v) is 10.3. The van der Waals surface area contributed by atoms with Gasteiger partial charge in [0.25, 0.3) is 0 Å². The van der Waals surface area contributed by atoms with Crippen molar-refractivity contribution in [3.8, 4) is 11.3 Å². The summed E-state index contributed by atoms with van der Waals surface area (Å²) in [6.07, 6.45) is 1.66. The second kappa shape index (κ2) is 3.99. The molecule has 0 radical (unpaired) electrons. The van der Waals surface area contributed by atoms with Gasteiger partial charge in [-0.1, -0.05) is 0 Å². The Hall–Kier alpha value is -2.07. The molecule has 4 nitrogen and oxygen atoms in total. The van der Waals surface area contributed by atoms with Gasteiger partial charge in [0, 0.05) is 12.6 Å². The van der Waals surface area contributed by atoms with E-state index in [1.165, 1.54) is 0 Å². The minimum absolute atomic E-state index is 0.0552. The fourth-order valence-corrected chi connectivity index (χ4v) is 2.23. The summed E-state index contributed by atoms with van der Waals surface area (Å²) in [7, 11) is 1.91. The van der Waals surface area contributed by atoms with Crippen molar-refractivity contribution in [1.29, 1.82) is 0 Å². The van der Waals surface area contributed by atoms with Gasteiger partial charge in [-0.15, -0.1) is 0 Å². The lowest BCUT2D eigenvalue weighted by Gasteiger charge is -2.04. The van der Waals surface area contributed by atoms with Gasteiger partial charge < -0.3 is 14.1 Å². The summed E-state index contributed by atoms with van der Waals surface area (Å²) < 4.78 is 7.34. The van der Waals surface area contributed by atoms with Crippen LogP contribution in [-0.4, -0.2) is 14.7 Å². The first-order valence-electron chi connectivity index (χ1n) is 5.81. The molecule has 0 aliphatic carbocycles. The number of aryl methyl sites for hydroxylation is 2. The molecule has 0 saturated carbocycles. The van der Waals surface area contributed by atoms with Crippen LogP contribution in [0.3, 0.4) is 0 Å². The molecule has 3 rings (SSSR count). The van der Waals surface area contributed by atoms with Crippen molar-refractivity contribution in [2.75, 3.05) is 0 Å². The Labute approximate surface area is 104 Å². The van der Waals surface area contributed by atoms with Crippen LogP contribution < -0.4 is 0 Å². The summed E-state index contributed by atoms with van der Waals surface area (Å²) in [4.78, 5) is 4.41. The molecule has 0 fully saturated rings. The number of benzene rings is 1. The fourth-order valence-electron chi connectivity index (χ4n) is 2.23. The van der Waals surface area contributed by atoms with Gasteiger partial charge in [-0.25, -0.2) is 4.98 Å². The lowest BCUT2D eigenvalue weighted by Crippen LogP contribution is -1.96. The standard InChI is InChI=1S/C14H14N2O2/c1-9-6-12-11(15-14(8-17)16(12)2)7-10(9)13-4-3-5-18-13/h3-7,17H,8H2,1-2H3. The van der Waals surface area contributed by atoms with Crippen molar-refractivity contribution in [2.45, 2.75) is 13.5 Å². The summed E-state index contributed by atoms with van der Waals surface area (Å²) in [5.74, 6) is 1.51. The Balaban J connectivity index is 2.27. The van der Waals surface area contributed by atoms with Crippen LogP contribution in [0.1, 0.15) is 11.4 Å². The van der Waals surface area contributed by atoms with Crippen molar-refractivity contribution in [3.63, 3.8) is 0 Å². The third kappa shape index (κ3) is 1.54. The van der Waals surface area contributed by atoms with Crippen LogP contribution in [-0.2, 0) is 13.7 Å². The van der Waals surface area contributed by atoms with E-state index in [0.717, 1.165) is 27.9 Å². The SMILES string of the molecule is Cc1cc2c(cc1-c1ccco1)nc(CO)n2C. The second-order valence-corrected chi connectivity index (χ2v) is 4.38. The Kier molecular flexibility index (Phi) is 2.45. The van der Waals surface area contributed by atoms with Crippen molar-refractivity contribution >= 4 is 11.0 Å². The zero-order valence-electron chi connectivity index (χ0n) is 10.3. The summed E-state index contributed by atoms with van der Waals surface area (Å²) in [5.41, 5.74) is 4.06. The molecule has 4 heteroatoms. The average Bonchev–Trinajstić information content (AvgIpc) is 2.98. The smallest absolute Gasteiger partial charge is 0.135 e. The number of hydrogen-bond donors (Lipinski definition) is 1. The van der Waals surface area contributed by atoms with Crippen LogP contribution in [0.5, 0.6) is 0 Å². The summed E-state index contributed by atoms with van der Waals surface area (Å²) in [6, 6.07) is 7.88. The van der Waals surface area contributed by atoms with Gasteiger partial charge in [0.1, 0.15) is 18.2 Å². The Morgan fingerprint density at radius 1 is 1.39 bits per heavy atom. The first kappa shape index (κ1) is 11.0. The molecule has 0 saturated heterocycles. The molecule has 0 spiro atoms. The number of aliphatic hydroxyl groups excluding tert-OH is 1. The van der Waals surface area contributed by atoms with E-state index in [4.69, 9.17) is 4.42 Å². The highest BCUT2D eigenvalue weighted by molar-refractivity contribution is 5.83. The molecule has 18 heavy (non-hydrogen) atoms. The molecule has 0 unspecified atom stereocenters. The maximum Gasteiger partial charge on any atom is 0.135 e. The van der Waals surface area contributed by atoms with Gasteiger partial charge in [0.05, 0.1) is 17.3 Å². The zero-order chi connectivity index (χ0) is 12.7. The lowest BCUT2D eigenvalue weighted by atomic mass is 10.1. The molecule has 2 aromatic heterocycles. The molecule has 0 aliphatic heterocycles. The van der Waals surface area contributed by atoms with E-state index in [-0.39, 0.29) is 6.61 Å². The highest BCUT2D eigenvalue weighted by Crippen LogP contribution is 2.28. The largest absolute Gasteiger partial charge is 0.464 e. The number of fused-ring (bicyclic) bond motifs is 1. The molecular weight excluding hydrogens is 228 g/mol. The molecule has 1 N–H and O–H groups in total. The number of nitrogens with zero attached hydrogens (tertiary/aromatic N) is 2. The quantitative estimate of drug-likeness (QED) is 0.751. The number of rotatable bonds is 2. The van der Waals surface area contributed by atoms with Crippen LogP contribution in [0.25, 0.3) is 22.4 Å². The van der Waals surface area contributed by atoms with Crippen molar-refractivity contribution in [1.82, 2.24) is 9.55 Å². The van der Waals surface area contributed by atoms with E-state index in [2.05, 4.69) is 11.1 Å². The lowest BCUT2D eigenvalue weighted by molar-refractivity contribution is 0.268. The minimum atomic E-state index is -0.0552. The fraction of sp³-hybridized carbons (Fsp3) is 0.214. The molecule has 1 aromatic carbocycles. The molecule has 0 bridgehead atoms. The highest BCUT2D eigenvalue weighted by Gasteiger charge is 2.12. The summed E-state index contributed by atoms with van der Waals surface area (Å²) in [6.45, 7) is 1.99. The normalized spacial score (nSPS) is 11.3. The van der Waals surface area contributed by atoms with Crippen molar-refractivity contribution < 1.29 is 9.52 Å². The van der Waals surface area contributed by atoms with Gasteiger partial charge in [-0.3, -0.25) is 0 Å². The van der Waals surface area contributed by atoms with Crippen LogP contribution in [0.2, 0.25) is 0 Å². The van der Waals surface area contributed by atoms with Gasteiger partial charge in [-0.05, 0) is 36.8 Å². The van der Waals surface area contributed by atoms with Gasteiger partial charge in [-0.2, -0.15) is 0 Å². The Morgan fingerprint density at radius 3 is 2.89 bits per heavy atom. The van der Waals surface area contributed by atoms with E-state index in [9.17, 15) is 5.11 Å². The number of aliphatic hydroxyl groups is 1. The highest BCUT2D eigenvalue weighted by atomic mass is 16.3. The third-order valence-corrected chi connectivity index (χ3v) is 3.25. The van der Waals surface area contributed by atoms with Crippen LogP contribution >= 0.6 is 0 Å². The van der Waals surface area contributed by atoms with E-state index in [1.54, 1.807) is 6.26 Å². The molecule has 92 valence electrons. The maximum absolute atomic E-state index is 9.24. The third-order valence-electron chi connectivity index (χ3n) is 3.25. The van der Waals surface area contributed by atoms with Gasteiger partial charge in [0.2, 0.25) is 0 Å². The van der Waals surface area contributed by atoms with Crippen LogP contribution in [0, 0.1) is 6.92 Å². The number of furan rings is 1. The van der Waals surface area contributed by atoms with E-state index < -0.39 is 0 Å². The first-order chi connectivity index (χ1) is 8.70.